The van der Waals surface area contributed by atoms with Crippen molar-refractivity contribution in [2.45, 2.75) is 45.2 Å². The van der Waals surface area contributed by atoms with Gasteiger partial charge < -0.3 is 14.6 Å². The normalized spacial score (nSPS) is 17.1. The third kappa shape index (κ3) is 3.11. The molecule has 0 amide bonds. The van der Waals surface area contributed by atoms with Gasteiger partial charge in [0.15, 0.2) is 0 Å². The molecule has 3 heteroatoms. The summed E-state index contributed by atoms with van der Waals surface area (Å²) in [5, 5.41) is 3.64. The van der Waals surface area contributed by atoms with Gasteiger partial charge in [-0.1, -0.05) is 13.8 Å². The van der Waals surface area contributed by atoms with Crippen molar-refractivity contribution < 1.29 is 4.42 Å². The summed E-state index contributed by atoms with van der Waals surface area (Å²) in [7, 11) is 4.29. The van der Waals surface area contributed by atoms with E-state index in [1.165, 1.54) is 5.56 Å². The molecule has 0 radical (unpaired) electrons. The molecular weight excluding hydrogens is 212 g/mol. The van der Waals surface area contributed by atoms with Crippen molar-refractivity contribution in [2.24, 2.45) is 0 Å². The van der Waals surface area contributed by atoms with E-state index in [2.05, 4.69) is 51.1 Å². The van der Waals surface area contributed by atoms with Gasteiger partial charge in [0.05, 0.1) is 18.6 Å². The molecule has 1 rings (SSSR count). The van der Waals surface area contributed by atoms with Crippen LogP contribution >= 0.6 is 0 Å². The number of furan rings is 1. The molecule has 0 aliphatic rings. The van der Waals surface area contributed by atoms with E-state index < -0.39 is 0 Å². The molecule has 0 saturated heterocycles. The van der Waals surface area contributed by atoms with Crippen LogP contribution in [0.1, 0.15) is 45.2 Å². The minimum atomic E-state index is 0.0963. The van der Waals surface area contributed by atoms with Crippen LogP contribution in [0, 0.1) is 0 Å². The largest absolute Gasteiger partial charge is 0.472 e. The van der Waals surface area contributed by atoms with Gasteiger partial charge in [-0.05, 0) is 46.5 Å². The zero-order valence-electron chi connectivity index (χ0n) is 11.8. The van der Waals surface area contributed by atoms with Gasteiger partial charge >= 0.3 is 0 Å². The molecule has 1 N–H and O–H groups in total. The molecule has 98 valence electrons. The van der Waals surface area contributed by atoms with Crippen molar-refractivity contribution >= 4 is 0 Å². The Labute approximate surface area is 105 Å². The summed E-state index contributed by atoms with van der Waals surface area (Å²) >= 11 is 0. The molecule has 1 aromatic heterocycles. The molecule has 1 heterocycles. The lowest BCUT2D eigenvalue weighted by Crippen LogP contribution is -2.51. The van der Waals surface area contributed by atoms with Gasteiger partial charge in [-0.3, -0.25) is 0 Å². The molecule has 0 aliphatic carbocycles. The zero-order chi connectivity index (χ0) is 12.9. The average Bonchev–Trinajstić information content (AvgIpc) is 2.82. The Hall–Kier alpha value is -0.800. The summed E-state index contributed by atoms with van der Waals surface area (Å²) < 4.78 is 5.24. The van der Waals surface area contributed by atoms with Gasteiger partial charge in [0.25, 0.3) is 0 Å². The van der Waals surface area contributed by atoms with Crippen LogP contribution in [0.4, 0.5) is 0 Å². The van der Waals surface area contributed by atoms with Crippen molar-refractivity contribution in [1.82, 2.24) is 10.2 Å². The van der Waals surface area contributed by atoms with E-state index >= 15 is 0 Å². The predicted molar refractivity (Wildman–Crippen MR) is 72.1 cm³/mol. The lowest BCUT2D eigenvalue weighted by atomic mass is 9.84. The van der Waals surface area contributed by atoms with Gasteiger partial charge in [0.1, 0.15) is 0 Å². The molecule has 3 nitrogen and oxygen atoms in total. The highest BCUT2D eigenvalue weighted by Crippen LogP contribution is 2.32. The second-order valence-corrected chi connectivity index (χ2v) is 5.05. The second-order valence-electron chi connectivity index (χ2n) is 5.05. The van der Waals surface area contributed by atoms with Crippen molar-refractivity contribution in [3.8, 4) is 0 Å². The second kappa shape index (κ2) is 6.22. The molecule has 2 unspecified atom stereocenters. The lowest BCUT2D eigenvalue weighted by Gasteiger charge is -2.43. The topological polar surface area (TPSA) is 28.4 Å². The minimum absolute atomic E-state index is 0.0963. The molecule has 0 spiro atoms. The Balaban J connectivity index is 2.96. The quantitative estimate of drug-likeness (QED) is 0.791. The molecule has 0 bridgehead atoms. The van der Waals surface area contributed by atoms with Crippen LogP contribution in [0.3, 0.4) is 0 Å². The maximum Gasteiger partial charge on any atom is 0.0951 e. The molecular formula is C14H26N2O. The fraction of sp³-hybridized carbons (Fsp3) is 0.714. The van der Waals surface area contributed by atoms with Gasteiger partial charge in [-0.25, -0.2) is 0 Å². The van der Waals surface area contributed by atoms with E-state index in [-0.39, 0.29) is 5.54 Å². The maximum absolute atomic E-state index is 5.24. The molecule has 0 aliphatic heterocycles. The fourth-order valence-electron chi connectivity index (χ4n) is 2.20. The lowest BCUT2D eigenvalue weighted by molar-refractivity contribution is 0.112. The Kier molecular flexibility index (Phi) is 5.22. The molecule has 17 heavy (non-hydrogen) atoms. The SMILES string of the molecule is CCCNC(c1ccoc1)C(C)(CC)N(C)C. The van der Waals surface area contributed by atoms with Crippen LogP contribution in [-0.4, -0.2) is 31.1 Å². The monoisotopic (exact) mass is 238 g/mol. The van der Waals surface area contributed by atoms with Crippen LogP contribution in [-0.2, 0) is 0 Å². The minimum Gasteiger partial charge on any atom is -0.472 e. The Morgan fingerprint density at radius 2 is 2.12 bits per heavy atom. The highest BCUT2D eigenvalue weighted by Gasteiger charge is 2.35. The van der Waals surface area contributed by atoms with Crippen molar-refractivity contribution in [2.75, 3.05) is 20.6 Å². The number of nitrogens with one attached hydrogen (secondary N) is 1. The Bertz CT molecular complexity index is 308. The third-order valence-electron chi connectivity index (χ3n) is 3.83. The predicted octanol–water partition coefficient (Wildman–Crippen LogP) is 3.05. The molecule has 0 aromatic carbocycles. The number of rotatable bonds is 7. The van der Waals surface area contributed by atoms with Crippen molar-refractivity contribution in [1.29, 1.82) is 0 Å². The van der Waals surface area contributed by atoms with E-state index in [0.29, 0.717) is 6.04 Å². The first-order valence-electron chi connectivity index (χ1n) is 6.49. The summed E-state index contributed by atoms with van der Waals surface area (Å²) in [6, 6.07) is 2.37. The number of hydrogen-bond acceptors (Lipinski definition) is 3. The van der Waals surface area contributed by atoms with E-state index in [0.717, 1.165) is 19.4 Å². The van der Waals surface area contributed by atoms with Crippen LogP contribution in [0.5, 0.6) is 0 Å². The van der Waals surface area contributed by atoms with Crippen LogP contribution in [0.15, 0.2) is 23.0 Å². The summed E-state index contributed by atoms with van der Waals surface area (Å²) in [6.45, 7) is 7.76. The van der Waals surface area contributed by atoms with E-state index in [1.807, 2.05) is 6.26 Å². The van der Waals surface area contributed by atoms with Crippen molar-refractivity contribution in [3.05, 3.63) is 24.2 Å². The highest BCUT2D eigenvalue weighted by atomic mass is 16.3. The van der Waals surface area contributed by atoms with Gasteiger partial charge in [-0.2, -0.15) is 0 Å². The standard InChI is InChI=1S/C14H26N2O/c1-6-9-15-13(12-8-10-17-11-12)14(3,7-2)16(4)5/h8,10-11,13,15H,6-7,9H2,1-5H3. The van der Waals surface area contributed by atoms with Crippen LogP contribution in [0.25, 0.3) is 0 Å². The van der Waals surface area contributed by atoms with Gasteiger partial charge in [0.2, 0.25) is 0 Å². The number of hydrogen-bond donors (Lipinski definition) is 1. The van der Waals surface area contributed by atoms with E-state index in [9.17, 15) is 0 Å². The molecule has 0 fully saturated rings. The first-order valence-corrected chi connectivity index (χ1v) is 6.49. The Morgan fingerprint density at radius 1 is 1.41 bits per heavy atom. The first kappa shape index (κ1) is 14.3. The summed E-state index contributed by atoms with van der Waals surface area (Å²) in [5.41, 5.74) is 1.33. The molecule has 1 aromatic rings. The fourth-order valence-corrected chi connectivity index (χ4v) is 2.20. The van der Waals surface area contributed by atoms with E-state index in [4.69, 9.17) is 4.42 Å². The van der Waals surface area contributed by atoms with E-state index in [1.54, 1.807) is 6.26 Å². The summed E-state index contributed by atoms with van der Waals surface area (Å²) in [5.74, 6) is 0. The summed E-state index contributed by atoms with van der Waals surface area (Å²) in [6.07, 6.45) is 5.83. The number of nitrogens with zero attached hydrogens (tertiary/aromatic N) is 1. The van der Waals surface area contributed by atoms with Crippen molar-refractivity contribution in [3.63, 3.8) is 0 Å². The van der Waals surface area contributed by atoms with Crippen LogP contribution < -0.4 is 5.32 Å². The Morgan fingerprint density at radius 3 is 2.53 bits per heavy atom. The first-order chi connectivity index (χ1) is 8.06. The third-order valence-corrected chi connectivity index (χ3v) is 3.83. The highest BCUT2D eigenvalue weighted by molar-refractivity contribution is 5.17. The van der Waals surface area contributed by atoms with Crippen LogP contribution in [0.2, 0.25) is 0 Å². The molecule has 2 atom stereocenters. The van der Waals surface area contributed by atoms with Gasteiger partial charge in [0, 0.05) is 11.1 Å². The molecule has 0 saturated carbocycles. The van der Waals surface area contributed by atoms with Gasteiger partial charge in [-0.15, -0.1) is 0 Å². The summed E-state index contributed by atoms with van der Waals surface area (Å²) in [4.78, 5) is 2.30. The smallest absolute Gasteiger partial charge is 0.0951 e. The zero-order valence-corrected chi connectivity index (χ0v) is 11.8. The number of likely N-dealkylation sites (N-methyl/N-ethyl adjacent to an activating group) is 1. The maximum atomic E-state index is 5.24. The average molecular weight is 238 g/mol.